The second kappa shape index (κ2) is 6.36. The fourth-order valence-corrected chi connectivity index (χ4v) is 2.17. The average Bonchev–Trinajstić information content (AvgIpc) is 2.42. The fourth-order valence-electron chi connectivity index (χ4n) is 1.60. The number of benzene rings is 2. The van der Waals surface area contributed by atoms with E-state index in [0.29, 0.717) is 10.9 Å². The van der Waals surface area contributed by atoms with Crippen molar-refractivity contribution in [3.63, 3.8) is 0 Å². The lowest BCUT2D eigenvalue weighted by Crippen LogP contribution is -1.95. The van der Waals surface area contributed by atoms with Crippen LogP contribution in [0.5, 0.6) is 11.5 Å². The van der Waals surface area contributed by atoms with Crippen LogP contribution >= 0.6 is 27.5 Å². The Morgan fingerprint density at radius 2 is 1.86 bits per heavy atom. The Morgan fingerprint density at radius 3 is 2.33 bits per heavy atom. The summed E-state index contributed by atoms with van der Waals surface area (Å²) in [6.07, 6.45) is 0. The maximum absolute atomic E-state index is 13.8. The summed E-state index contributed by atoms with van der Waals surface area (Å²) in [7, 11) is 0. The van der Waals surface area contributed by atoms with Crippen molar-refractivity contribution in [1.82, 2.24) is 0 Å². The molecule has 4 nitrogen and oxygen atoms in total. The molecule has 2 aromatic carbocycles. The summed E-state index contributed by atoms with van der Waals surface area (Å²) < 4.78 is 32.6. The molecule has 0 aliphatic carbocycles. The number of nitrogens with zero attached hydrogens (tertiary/aromatic N) is 1. The van der Waals surface area contributed by atoms with Gasteiger partial charge in [0.25, 0.3) is 5.69 Å². The van der Waals surface area contributed by atoms with E-state index in [1.165, 1.54) is 6.07 Å². The van der Waals surface area contributed by atoms with E-state index in [4.69, 9.17) is 16.3 Å². The maximum Gasteiger partial charge on any atom is 0.288 e. The number of hydrogen-bond acceptors (Lipinski definition) is 3. The standard InChI is InChI=1S/C13H7BrClF2NO3/c14-6-7-3-10(16)13(11(17)4-7)21-8-1-2-12(18(19)20)9(15)5-8/h1-5H,6H2. The lowest BCUT2D eigenvalue weighted by atomic mass is 10.2. The van der Waals surface area contributed by atoms with Crippen molar-refractivity contribution in [2.24, 2.45) is 0 Å². The highest BCUT2D eigenvalue weighted by molar-refractivity contribution is 9.08. The zero-order valence-electron chi connectivity index (χ0n) is 10.3. The summed E-state index contributed by atoms with van der Waals surface area (Å²) in [4.78, 5) is 9.96. The summed E-state index contributed by atoms with van der Waals surface area (Å²) in [5.74, 6) is -2.35. The topological polar surface area (TPSA) is 52.4 Å². The molecule has 2 rings (SSSR count). The summed E-state index contributed by atoms with van der Waals surface area (Å²) in [5, 5.41) is 10.7. The number of ether oxygens (including phenoxy) is 1. The largest absolute Gasteiger partial charge is 0.451 e. The summed E-state index contributed by atoms with van der Waals surface area (Å²) in [5.41, 5.74) is 0.0960. The minimum atomic E-state index is -0.876. The lowest BCUT2D eigenvalue weighted by Gasteiger charge is -2.09. The van der Waals surface area contributed by atoms with E-state index in [-0.39, 0.29) is 16.5 Å². The van der Waals surface area contributed by atoms with Crippen LogP contribution in [0.4, 0.5) is 14.5 Å². The molecule has 2 aromatic rings. The van der Waals surface area contributed by atoms with Crippen molar-refractivity contribution in [1.29, 1.82) is 0 Å². The first kappa shape index (κ1) is 15.7. The van der Waals surface area contributed by atoms with Crippen LogP contribution < -0.4 is 4.74 Å². The van der Waals surface area contributed by atoms with Gasteiger partial charge in [-0.15, -0.1) is 0 Å². The fraction of sp³-hybridized carbons (Fsp3) is 0.0769. The zero-order chi connectivity index (χ0) is 15.6. The van der Waals surface area contributed by atoms with Crippen molar-refractivity contribution >= 4 is 33.2 Å². The Kier molecular flexibility index (Phi) is 4.74. The van der Waals surface area contributed by atoms with Gasteiger partial charge in [0.2, 0.25) is 0 Å². The maximum atomic E-state index is 13.8. The number of hydrogen-bond donors (Lipinski definition) is 0. The molecule has 0 atom stereocenters. The quantitative estimate of drug-likeness (QED) is 0.417. The van der Waals surface area contributed by atoms with Crippen molar-refractivity contribution in [3.05, 3.63) is 62.7 Å². The van der Waals surface area contributed by atoms with Gasteiger partial charge >= 0.3 is 0 Å². The lowest BCUT2D eigenvalue weighted by molar-refractivity contribution is -0.384. The summed E-state index contributed by atoms with van der Waals surface area (Å²) in [6, 6.07) is 5.68. The normalized spacial score (nSPS) is 10.5. The second-order valence-electron chi connectivity index (χ2n) is 3.99. The van der Waals surface area contributed by atoms with Gasteiger partial charge in [0.05, 0.1) is 4.92 Å². The van der Waals surface area contributed by atoms with Crippen LogP contribution in [-0.4, -0.2) is 4.92 Å². The first-order valence-electron chi connectivity index (χ1n) is 5.58. The molecule has 0 radical (unpaired) electrons. The zero-order valence-corrected chi connectivity index (χ0v) is 12.6. The molecular formula is C13H7BrClF2NO3. The monoisotopic (exact) mass is 377 g/mol. The molecule has 0 fully saturated rings. The van der Waals surface area contributed by atoms with E-state index < -0.39 is 22.3 Å². The third-order valence-corrected chi connectivity index (χ3v) is 3.50. The first-order valence-corrected chi connectivity index (χ1v) is 7.08. The third-order valence-electron chi connectivity index (χ3n) is 2.55. The molecule has 0 aliphatic rings. The molecule has 0 aliphatic heterocycles. The van der Waals surface area contributed by atoms with Gasteiger partial charge in [0, 0.05) is 17.5 Å². The molecule has 0 amide bonds. The van der Waals surface area contributed by atoms with Crippen LogP contribution in [0.2, 0.25) is 5.02 Å². The second-order valence-corrected chi connectivity index (χ2v) is 4.96. The van der Waals surface area contributed by atoms with Crippen molar-refractivity contribution in [3.8, 4) is 11.5 Å². The molecule has 0 saturated heterocycles. The van der Waals surface area contributed by atoms with Crippen molar-refractivity contribution in [2.45, 2.75) is 5.33 Å². The van der Waals surface area contributed by atoms with E-state index in [1.54, 1.807) is 0 Å². The summed E-state index contributed by atoms with van der Waals surface area (Å²) in [6.45, 7) is 0. The number of rotatable bonds is 4. The number of alkyl halides is 1. The minimum absolute atomic E-state index is 0.00464. The number of halogens is 4. The molecular weight excluding hydrogens is 372 g/mol. The molecule has 0 unspecified atom stereocenters. The molecule has 0 N–H and O–H groups in total. The van der Waals surface area contributed by atoms with E-state index in [1.807, 2.05) is 0 Å². The third kappa shape index (κ3) is 3.48. The predicted octanol–water partition coefficient (Wildman–Crippen LogP) is 5.21. The summed E-state index contributed by atoms with van der Waals surface area (Å²) >= 11 is 8.80. The van der Waals surface area contributed by atoms with Gasteiger partial charge in [0.1, 0.15) is 10.8 Å². The highest BCUT2D eigenvalue weighted by Crippen LogP contribution is 2.33. The van der Waals surface area contributed by atoms with Crippen LogP contribution in [0.1, 0.15) is 5.56 Å². The molecule has 0 bridgehead atoms. The Hall–Kier alpha value is -1.73. The highest BCUT2D eigenvalue weighted by Gasteiger charge is 2.16. The SMILES string of the molecule is O=[N+]([O-])c1ccc(Oc2c(F)cc(CBr)cc2F)cc1Cl. The Bertz CT molecular complexity index is 689. The molecule has 21 heavy (non-hydrogen) atoms. The molecule has 0 heterocycles. The van der Waals surface area contributed by atoms with Gasteiger partial charge in [-0.3, -0.25) is 10.1 Å². The molecule has 0 spiro atoms. The van der Waals surface area contributed by atoms with E-state index in [0.717, 1.165) is 24.3 Å². The Labute approximate surface area is 131 Å². The van der Waals surface area contributed by atoms with Crippen LogP contribution in [0.3, 0.4) is 0 Å². The van der Waals surface area contributed by atoms with Crippen LogP contribution in [0, 0.1) is 21.7 Å². The van der Waals surface area contributed by atoms with E-state index >= 15 is 0 Å². The molecule has 8 heteroatoms. The van der Waals surface area contributed by atoms with E-state index in [9.17, 15) is 18.9 Å². The van der Waals surface area contributed by atoms with Gasteiger partial charge in [0.15, 0.2) is 17.4 Å². The van der Waals surface area contributed by atoms with Gasteiger partial charge in [-0.25, -0.2) is 8.78 Å². The highest BCUT2D eigenvalue weighted by atomic mass is 79.9. The van der Waals surface area contributed by atoms with Crippen LogP contribution in [0.25, 0.3) is 0 Å². The number of nitro benzene ring substituents is 1. The molecule has 0 aromatic heterocycles. The predicted molar refractivity (Wildman–Crippen MR) is 77.2 cm³/mol. The average molecular weight is 379 g/mol. The van der Waals surface area contributed by atoms with Crippen LogP contribution in [0.15, 0.2) is 30.3 Å². The smallest absolute Gasteiger partial charge is 0.288 e. The van der Waals surface area contributed by atoms with Crippen molar-refractivity contribution in [2.75, 3.05) is 0 Å². The minimum Gasteiger partial charge on any atom is -0.451 e. The van der Waals surface area contributed by atoms with Crippen LogP contribution in [-0.2, 0) is 5.33 Å². The van der Waals surface area contributed by atoms with Gasteiger partial charge in [-0.05, 0) is 23.8 Å². The van der Waals surface area contributed by atoms with Gasteiger partial charge in [-0.2, -0.15) is 0 Å². The van der Waals surface area contributed by atoms with Gasteiger partial charge in [-0.1, -0.05) is 27.5 Å². The number of nitro groups is 1. The first-order chi connectivity index (χ1) is 9.92. The molecule has 110 valence electrons. The Morgan fingerprint density at radius 1 is 1.24 bits per heavy atom. The van der Waals surface area contributed by atoms with Crippen molar-refractivity contribution < 1.29 is 18.4 Å². The Balaban J connectivity index is 2.35. The molecule has 0 saturated carbocycles. The van der Waals surface area contributed by atoms with Gasteiger partial charge < -0.3 is 4.74 Å². The van der Waals surface area contributed by atoms with E-state index in [2.05, 4.69) is 15.9 Å².